The van der Waals surface area contributed by atoms with Gasteiger partial charge in [-0.15, -0.1) is 23.2 Å². The summed E-state index contributed by atoms with van der Waals surface area (Å²) in [6.45, 7) is 9.09. The molecule has 0 radical (unpaired) electrons. The minimum absolute atomic E-state index is 0.0182. The maximum absolute atomic E-state index is 13.7. The molecule has 6 aromatic carbocycles. The molecule has 78 heavy (non-hydrogen) atoms. The number of carboxylic acids is 1. The highest BCUT2D eigenvalue weighted by Gasteiger charge is 2.38. The lowest BCUT2D eigenvalue weighted by atomic mass is 9.95. The van der Waals surface area contributed by atoms with Gasteiger partial charge in [-0.25, -0.2) is 4.79 Å². The van der Waals surface area contributed by atoms with Crippen LogP contribution in [0.1, 0.15) is 65.3 Å². The highest BCUT2D eigenvalue weighted by atomic mass is 35.5. The van der Waals surface area contributed by atoms with E-state index in [2.05, 4.69) is 4.98 Å². The highest BCUT2D eigenvalue weighted by Crippen LogP contribution is 2.47. The number of methoxy groups -OCH3 is 2. The van der Waals surface area contributed by atoms with Crippen molar-refractivity contribution in [1.82, 2.24) is 14.8 Å². The van der Waals surface area contributed by atoms with E-state index < -0.39 is 17.7 Å². The first-order chi connectivity index (χ1) is 37.2. The van der Waals surface area contributed by atoms with E-state index in [1.165, 1.54) is 0 Å². The van der Waals surface area contributed by atoms with Crippen molar-refractivity contribution in [2.24, 2.45) is 5.92 Å². The largest absolute Gasteiger partial charge is 0.507 e. The molecule has 7 aromatic rings. The standard InChI is InChI=1S/C27H28ClN3O4.C18H20ClNO3.C15H21NO4/c1-30(2)8-9-35-25-11-16-10-21(29-20(16)12-24(25)34-3)27(33)31-15-17(14-28)26-19-7-5-4-6-18(19)23(32)13-22(26)31;1-18(2,3)23-17(22)20-10-11(9-19)16-13-7-5-4-6-12(13)15(21)8-14(16)20;1-16(2)4-5-20-14-9-11-7-12(15(17)18)6-10(11)8-13(14)19-3/h4-7,10-13,17,29,32H,8-9,14-15H2,1-3H3;4-8,11,21H,9-10H2,1-3H3;8-9,12H,4-7H2,1-3H3,(H,17,18)/t17-;11-;/m11./s1. The maximum atomic E-state index is 13.7. The van der Waals surface area contributed by atoms with E-state index in [9.17, 15) is 24.6 Å². The molecule has 0 saturated heterocycles. The number of rotatable bonds is 14. The summed E-state index contributed by atoms with van der Waals surface area (Å²) in [4.78, 5) is 47.9. The Bertz CT molecular complexity index is 3340. The Hall–Kier alpha value is -7.11. The van der Waals surface area contributed by atoms with Crippen LogP contribution in [-0.2, 0) is 22.4 Å². The summed E-state index contributed by atoms with van der Waals surface area (Å²) in [5.41, 5.74) is 6.13. The number of amides is 2. The molecule has 16 nitrogen and oxygen atoms in total. The molecule has 1 aliphatic carbocycles. The number of nitrogens with one attached hydrogen (secondary N) is 1. The molecule has 414 valence electrons. The van der Waals surface area contributed by atoms with E-state index in [-0.39, 0.29) is 35.2 Å². The van der Waals surface area contributed by atoms with Crippen molar-refractivity contribution >= 4 is 85.0 Å². The normalized spacial score (nSPS) is 16.3. The number of anilines is 2. The molecule has 0 saturated carbocycles. The fourth-order valence-electron chi connectivity index (χ4n) is 10.2. The van der Waals surface area contributed by atoms with Crippen LogP contribution in [0.2, 0.25) is 0 Å². The molecule has 10 rings (SSSR count). The number of carboxylic acid groups (broad SMARTS) is 1. The number of halogens is 2. The lowest BCUT2D eigenvalue weighted by molar-refractivity contribution is -0.141. The van der Waals surface area contributed by atoms with E-state index in [4.69, 9.17) is 52.0 Å². The van der Waals surface area contributed by atoms with E-state index in [0.29, 0.717) is 91.0 Å². The van der Waals surface area contributed by atoms with Gasteiger partial charge in [0.15, 0.2) is 23.0 Å². The van der Waals surface area contributed by atoms with Gasteiger partial charge < -0.3 is 58.7 Å². The monoisotopic (exact) mass is 1110 g/mol. The first kappa shape index (κ1) is 57.1. The molecule has 0 bridgehead atoms. The Morgan fingerprint density at radius 2 is 1.12 bits per heavy atom. The van der Waals surface area contributed by atoms with Crippen molar-refractivity contribution in [3.8, 4) is 34.5 Å². The summed E-state index contributed by atoms with van der Waals surface area (Å²) in [5.74, 6) is 2.42. The molecule has 2 aliphatic heterocycles. The smallest absolute Gasteiger partial charge is 0.414 e. The Labute approximate surface area is 464 Å². The SMILES string of the molecule is CC(C)(C)OC(=O)N1C[C@@H](CCl)c2c1cc(O)c1ccccc21.COc1cc2[nH]c(C(=O)N3C[C@@H](CCl)c4c3cc(O)c3ccccc43)cc2cc1OCCN(C)C.COc1cc2c(cc1OCCN(C)C)CC(C(=O)O)C2. The molecular weight excluding hydrogens is 1040 g/mol. The predicted molar refractivity (Wildman–Crippen MR) is 308 cm³/mol. The number of aromatic hydroxyl groups is 2. The predicted octanol–water partition coefficient (Wildman–Crippen LogP) is 11.0. The summed E-state index contributed by atoms with van der Waals surface area (Å²) >= 11 is 12.5. The fourth-order valence-corrected chi connectivity index (χ4v) is 10.7. The Morgan fingerprint density at radius 1 is 0.654 bits per heavy atom. The van der Waals surface area contributed by atoms with Crippen LogP contribution < -0.4 is 28.7 Å². The number of likely N-dealkylation sites (N-methyl/N-ethyl adjacent to an activating group) is 2. The number of aliphatic carboxylic acids is 1. The van der Waals surface area contributed by atoms with Gasteiger partial charge in [-0.05, 0) is 119 Å². The maximum Gasteiger partial charge on any atom is 0.414 e. The fraction of sp³-hybridized carbons (Fsp3) is 0.383. The molecule has 2 amide bonds. The van der Waals surface area contributed by atoms with Gasteiger partial charge in [0.2, 0.25) is 0 Å². The van der Waals surface area contributed by atoms with Gasteiger partial charge in [-0.3, -0.25) is 14.5 Å². The van der Waals surface area contributed by atoms with Gasteiger partial charge in [0, 0.05) is 89.6 Å². The zero-order valence-electron chi connectivity index (χ0n) is 45.6. The number of fused-ring (bicyclic) bond motifs is 8. The quantitative estimate of drug-likeness (QED) is 0.0755. The van der Waals surface area contributed by atoms with Crippen LogP contribution in [0.4, 0.5) is 16.2 Å². The number of nitrogens with zero attached hydrogens (tertiary/aromatic N) is 4. The molecule has 0 spiro atoms. The number of alkyl halides is 2. The van der Waals surface area contributed by atoms with Crippen molar-refractivity contribution < 1.29 is 53.4 Å². The number of ether oxygens (including phenoxy) is 5. The van der Waals surface area contributed by atoms with Crippen LogP contribution in [0, 0.1) is 5.92 Å². The minimum atomic E-state index is -0.741. The zero-order chi connectivity index (χ0) is 56.2. The summed E-state index contributed by atoms with van der Waals surface area (Å²) in [7, 11) is 11.1. The highest BCUT2D eigenvalue weighted by molar-refractivity contribution is 6.20. The van der Waals surface area contributed by atoms with Crippen molar-refractivity contribution in [3.05, 3.63) is 119 Å². The number of carbonyl (C=O) groups excluding carboxylic acids is 2. The lowest BCUT2D eigenvalue weighted by Crippen LogP contribution is -2.36. The lowest BCUT2D eigenvalue weighted by Gasteiger charge is -2.25. The number of aromatic amines is 1. The van der Waals surface area contributed by atoms with E-state index in [1.54, 1.807) is 36.2 Å². The number of phenolic OH excluding ortho intramolecular Hbond substituents is 2. The number of H-pyrrole nitrogens is 1. The Balaban J connectivity index is 0.000000163. The summed E-state index contributed by atoms with van der Waals surface area (Å²) in [5, 5.41) is 34.3. The average Bonchev–Trinajstić information content (AvgIpc) is 4.35. The van der Waals surface area contributed by atoms with Crippen molar-refractivity contribution in [2.45, 2.75) is 51.0 Å². The van der Waals surface area contributed by atoms with Crippen LogP contribution >= 0.6 is 23.2 Å². The molecule has 18 heteroatoms. The van der Waals surface area contributed by atoms with Crippen LogP contribution in [0.5, 0.6) is 34.5 Å². The van der Waals surface area contributed by atoms with Gasteiger partial charge in [-0.2, -0.15) is 0 Å². The number of phenols is 2. The topological polar surface area (TPSA) is 187 Å². The molecule has 3 heterocycles. The number of hydrogen-bond donors (Lipinski definition) is 4. The van der Waals surface area contributed by atoms with Crippen molar-refractivity contribution in [1.29, 1.82) is 0 Å². The van der Waals surface area contributed by atoms with Crippen molar-refractivity contribution in [2.75, 3.05) is 103 Å². The number of aromatic nitrogens is 1. The first-order valence-corrected chi connectivity index (χ1v) is 26.9. The molecule has 3 aliphatic rings. The second kappa shape index (κ2) is 24.3. The number of benzene rings is 6. The first-order valence-electron chi connectivity index (χ1n) is 25.9. The molecule has 1 unspecified atom stereocenters. The molecule has 4 N–H and O–H groups in total. The summed E-state index contributed by atoms with van der Waals surface area (Å²) in [6, 6.07) is 28.0. The zero-order valence-corrected chi connectivity index (χ0v) is 47.1. The van der Waals surface area contributed by atoms with E-state index >= 15 is 0 Å². The second-order valence-electron chi connectivity index (χ2n) is 21.2. The van der Waals surface area contributed by atoms with Gasteiger partial charge >= 0.3 is 12.1 Å². The third-order valence-electron chi connectivity index (χ3n) is 14.0. The third-order valence-corrected chi connectivity index (χ3v) is 14.8. The Morgan fingerprint density at radius 3 is 1.59 bits per heavy atom. The van der Waals surface area contributed by atoms with E-state index in [1.807, 2.05) is 138 Å². The van der Waals surface area contributed by atoms with Crippen molar-refractivity contribution in [3.63, 3.8) is 0 Å². The number of hydrogen-bond acceptors (Lipinski definition) is 12. The molecule has 1 aromatic heterocycles. The van der Waals surface area contributed by atoms with Crippen LogP contribution in [0.25, 0.3) is 32.4 Å². The van der Waals surface area contributed by atoms with Crippen LogP contribution in [-0.4, -0.2) is 147 Å². The summed E-state index contributed by atoms with van der Waals surface area (Å²) < 4.78 is 28.0. The molecule has 0 fully saturated rings. The van der Waals surface area contributed by atoms with Gasteiger partial charge in [0.1, 0.15) is 36.0 Å². The van der Waals surface area contributed by atoms with Gasteiger partial charge in [-0.1, -0.05) is 48.5 Å². The van der Waals surface area contributed by atoms with Crippen LogP contribution in [0.3, 0.4) is 0 Å². The van der Waals surface area contributed by atoms with Gasteiger partial charge in [0.25, 0.3) is 5.91 Å². The second-order valence-corrected chi connectivity index (χ2v) is 21.9. The Kier molecular flexibility index (Phi) is 17.8. The van der Waals surface area contributed by atoms with E-state index in [0.717, 1.165) is 67.8 Å². The average molecular weight is 1110 g/mol. The summed E-state index contributed by atoms with van der Waals surface area (Å²) in [6.07, 6.45) is 0.721. The third kappa shape index (κ3) is 12.4. The molecular formula is C60H69Cl2N5O11. The molecule has 3 atom stereocenters. The minimum Gasteiger partial charge on any atom is -0.507 e. The number of carbonyl (C=O) groups is 3. The van der Waals surface area contributed by atoms with Gasteiger partial charge in [0.05, 0.1) is 31.5 Å². The van der Waals surface area contributed by atoms with Crippen LogP contribution in [0.15, 0.2) is 91.0 Å².